The van der Waals surface area contributed by atoms with Gasteiger partial charge in [0.25, 0.3) is 10.1 Å². The van der Waals surface area contributed by atoms with Gasteiger partial charge in [-0.15, -0.1) is 0 Å². The Hall–Kier alpha value is -2.75. The monoisotopic (exact) mass is 534 g/mol. The molecule has 0 aliphatic rings. The maximum Gasteiger partial charge on any atom is 0.337 e. The number of carbonyl (C=O) groups is 2. The van der Waals surface area contributed by atoms with Crippen LogP contribution in [0.4, 0.5) is 0 Å². The number of methoxy groups -OCH3 is 2. The molecule has 2 rings (SSSR count). The van der Waals surface area contributed by atoms with Crippen molar-refractivity contribution in [1.29, 1.82) is 0 Å². The number of carbonyl (C=O) groups excluding carboxylic acids is 2. The Balaban J connectivity index is 1.85. The van der Waals surface area contributed by atoms with Gasteiger partial charge in [0.05, 0.1) is 32.6 Å². The Labute approximate surface area is 220 Å². The SMILES string of the molecule is COC(=O)c1cccc(CCCOC(Cc2ccccc2CCCCCCOS(C)(=O)=O)C(=O)OC)c1. The highest BCUT2D eigenvalue weighted by Gasteiger charge is 2.21. The summed E-state index contributed by atoms with van der Waals surface area (Å²) in [4.78, 5) is 24.2. The number of ether oxygens (including phenoxy) is 3. The van der Waals surface area contributed by atoms with Gasteiger partial charge < -0.3 is 14.2 Å². The van der Waals surface area contributed by atoms with E-state index in [4.69, 9.17) is 18.4 Å². The van der Waals surface area contributed by atoms with E-state index in [0.717, 1.165) is 48.6 Å². The molecule has 9 heteroatoms. The lowest BCUT2D eigenvalue weighted by molar-refractivity contribution is -0.154. The van der Waals surface area contributed by atoms with Crippen molar-refractivity contribution in [3.05, 3.63) is 70.8 Å². The number of unbranched alkanes of at least 4 members (excludes halogenated alkanes) is 3. The van der Waals surface area contributed by atoms with Crippen molar-refractivity contribution in [2.24, 2.45) is 0 Å². The second kappa shape index (κ2) is 16.2. The summed E-state index contributed by atoms with van der Waals surface area (Å²) in [5.74, 6) is -0.781. The highest BCUT2D eigenvalue weighted by atomic mass is 32.2. The van der Waals surface area contributed by atoms with Gasteiger partial charge in [-0.2, -0.15) is 8.42 Å². The zero-order chi connectivity index (χ0) is 27.1. The Bertz CT molecular complexity index is 1100. The molecule has 0 fully saturated rings. The van der Waals surface area contributed by atoms with Crippen molar-refractivity contribution in [3.8, 4) is 0 Å². The third-order valence-corrected chi connectivity index (χ3v) is 6.50. The van der Waals surface area contributed by atoms with Crippen LogP contribution in [0.3, 0.4) is 0 Å². The molecular formula is C28H38O8S. The van der Waals surface area contributed by atoms with Crippen molar-refractivity contribution in [2.75, 3.05) is 33.7 Å². The van der Waals surface area contributed by atoms with Gasteiger partial charge in [0, 0.05) is 13.0 Å². The fourth-order valence-electron chi connectivity index (χ4n) is 4.00. The summed E-state index contributed by atoms with van der Waals surface area (Å²) in [6, 6.07) is 15.3. The van der Waals surface area contributed by atoms with Crippen molar-refractivity contribution in [3.63, 3.8) is 0 Å². The summed E-state index contributed by atoms with van der Waals surface area (Å²) in [5.41, 5.74) is 3.71. The van der Waals surface area contributed by atoms with E-state index in [1.54, 1.807) is 12.1 Å². The molecule has 8 nitrogen and oxygen atoms in total. The summed E-state index contributed by atoms with van der Waals surface area (Å²) in [6.45, 7) is 0.588. The van der Waals surface area contributed by atoms with Gasteiger partial charge in [-0.05, 0) is 60.9 Å². The van der Waals surface area contributed by atoms with Crippen LogP contribution in [0.1, 0.15) is 59.2 Å². The van der Waals surface area contributed by atoms with E-state index in [2.05, 4.69) is 6.07 Å². The third kappa shape index (κ3) is 11.9. The van der Waals surface area contributed by atoms with Crippen LogP contribution in [0, 0.1) is 0 Å². The van der Waals surface area contributed by atoms with Crippen LogP contribution in [0.15, 0.2) is 48.5 Å². The van der Waals surface area contributed by atoms with Crippen LogP contribution in [0.25, 0.3) is 0 Å². The number of rotatable bonds is 17. The molecule has 2 aromatic carbocycles. The van der Waals surface area contributed by atoms with Gasteiger partial charge in [0.2, 0.25) is 0 Å². The van der Waals surface area contributed by atoms with Crippen molar-refractivity contribution in [1.82, 2.24) is 0 Å². The predicted octanol–water partition coefficient (Wildman–Crippen LogP) is 4.29. The summed E-state index contributed by atoms with van der Waals surface area (Å²) >= 11 is 0. The molecule has 0 saturated carbocycles. The molecule has 0 saturated heterocycles. The zero-order valence-corrected chi connectivity index (χ0v) is 22.8. The Kier molecular flexibility index (Phi) is 13.3. The van der Waals surface area contributed by atoms with Crippen LogP contribution in [-0.4, -0.2) is 60.1 Å². The lowest BCUT2D eigenvalue weighted by atomic mass is 9.97. The largest absolute Gasteiger partial charge is 0.467 e. The first-order valence-corrected chi connectivity index (χ1v) is 14.3. The van der Waals surface area contributed by atoms with Gasteiger partial charge in [0.15, 0.2) is 6.10 Å². The molecule has 0 spiro atoms. The molecule has 1 atom stereocenters. The molecule has 1 unspecified atom stereocenters. The van der Waals surface area contributed by atoms with E-state index in [-0.39, 0.29) is 12.6 Å². The average Bonchev–Trinajstić information content (AvgIpc) is 2.89. The number of esters is 2. The second-order valence-corrected chi connectivity index (χ2v) is 10.5. The number of benzene rings is 2. The minimum Gasteiger partial charge on any atom is -0.467 e. The van der Waals surface area contributed by atoms with Crippen LogP contribution in [0.5, 0.6) is 0 Å². The lowest BCUT2D eigenvalue weighted by Crippen LogP contribution is -2.29. The molecule has 2 aromatic rings. The average molecular weight is 535 g/mol. The number of hydrogen-bond donors (Lipinski definition) is 0. The lowest BCUT2D eigenvalue weighted by Gasteiger charge is -2.18. The first-order chi connectivity index (χ1) is 17.7. The minimum atomic E-state index is -3.38. The van der Waals surface area contributed by atoms with Gasteiger partial charge in [-0.1, -0.05) is 49.2 Å². The maximum absolute atomic E-state index is 12.4. The molecule has 0 amide bonds. The molecule has 0 heterocycles. The topological polar surface area (TPSA) is 105 Å². The minimum absolute atomic E-state index is 0.213. The van der Waals surface area contributed by atoms with Crippen LogP contribution >= 0.6 is 0 Å². The smallest absolute Gasteiger partial charge is 0.337 e. The van der Waals surface area contributed by atoms with E-state index in [1.165, 1.54) is 14.2 Å². The summed E-state index contributed by atoms with van der Waals surface area (Å²) in [5, 5.41) is 0. The second-order valence-electron chi connectivity index (χ2n) is 8.84. The van der Waals surface area contributed by atoms with Crippen LogP contribution in [-0.2, 0) is 52.6 Å². The quantitative estimate of drug-likeness (QED) is 0.168. The summed E-state index contributed by atoms with van der Waals surface area (Å²) in [6.07, 6.45) is 6.49. The van der Waals surface area contributed by atoms with Crippen LogP contribution < -0.4 is 0 Å². The maximum atomic E-state index is 12.4. The molecule has 0 N–H and O–H groups in total. The fraction of sp³-hybridized carbons (Fsp3) is 0.500. The molecule has 0 aliphatic heterocycles. The first-order valence-electron chi connectivity index (χ1n) is 12.5. The van der Waals surface area contributed by atoms with E-state index < -0.39 is 22.2 Å². The Morgan fingerprint density at radius 1 is 0.811 bits per heavy atom. The van der Waals surface area contributed by atoms with E-state index in [0.29, 0.717) is 37.9 Å². The third-order valence-electron chi connectivity index (χ3n) is 5.90. The van der Waals surface area contributed by atoms with E-state index in [1.807, 2.05) is 30.3 Å². The van der Waals surface area contributed by atoms with Crippen molar-refractivity contribution in [2.45, 2.75) is 57.5 Å². The van der Waals surface area contributed by atoms with Crippen molar-refractivity contribution >= 4 is 22.1 Å². The Morgan fingerprint density at radius 2 is 1.54 bits per heavy atom. The highest BCUT2D eigenvalue weighted by Crippen LogP contribution is 2.18. The summed E-state index contributed by atoms with van der Waals surface area (Å²) in [7, 11) is -0.669. The fourth-order valence-corrected chi connectivity index (χ4v) is 4.42. The highest BCUT2D eigenvalue weighted by molar-refractivity contribution is 7.85. The zero-order valence-electron chi connectivity index (χ0n) is 21.9. The molecule has 0 aromatic heterocycles. The van der Waals surface area contributed by atoms with Crippen LogP contribution in [0.2, 0.25) is 0 Å². The standard InChI is InChI=1S/C28H38O8S/c1-33-27(29)25-17-10-12-22(20-25)13-11-18-35-26(28(30)34-2)21-24-16-8-7-15-23(24)14-6-4-5-9-19-36-37(3,31)32/h7-8,10,12,15-17,20,26H,4-6,9,11,13-14,18-19,21H2,1-3H3. The van der Waals surface area contributed by atoms with Crippen molar-refractivity contribution < 1.29 is 36.4 Å². The van der Waals surface area contributed by atoms with Gasteiger partial charge in [0.1, 0.15) is 0 Å². The summed E-state index contributed by atoms with van der Waals surface area (Å²) < 4.78 is 42.5. The molecular weight excluding hydrogens is 496 g/mol. The molecule has 0 bridgehead atoms. The van der Waals surface area contributed by atoms with Gasteiger partial charge in [-0.25, -0.2) is 9.59 Å². The molecule has 0 aliphatic carbocycles. The first kappa shape index (κ1) is 30.5. The number of aryl methyl sites for hydroxylation is 2. The number of hydrogen-bond acceptors (Lipinski definition) is 8. The molecule has 37 heavy (non-hydrogen) atoms. The van der Waals surface area contributed by atoms with Gasteiger partial charge in [-0.3, -0.25) is 4.18 Å². The predicted molar refractivity (Wildman–Crippen MR) is 141 cm³/mol. The Morgan fingerprint density at radius 3 is 2.24 bits per heavy atom. The molecule has 0 radical (unpaired) electrons. The van der Waals surface area contributed by atoms with Gasteiger partial charge >= 0.3 is 11.9 Å². The molecule has 204 valence electrons. The van der Waals surface area contributed by atoms with E-state index in [9.17, 15) is 18.0 Å². The normalized spacial score (nSPS) is 12.2. The van der Waals surface area contributed by atoms with E-state index >= 15 is 0 Å².